The molecule has 0 spiro atoms. The average molecular weight is 397 g/mol. The first-order chi connectivity index (χ1) is 14.1. The third kappa shape index (κ3) is 4.88. The molecule has 2 aromatic rings. The van der Waals surface area contributed by atoms with E-state index in [1.54, 1.807) is 12.1 Å². The Morgan fingerprint density at radius 3 is 2.66 bits per heavy atom. The summed E-state index contributed by atoms with van der Waals surface area (Å²) in [6, 6.07) is 12.6. The van der Waals surface area contributed by atoms with E-state index in [1.807, 2.05) is 17.0 Å². The van der Waals surface area contributed by atoms with Gasteiger partial charge in [0.05, 0.1) is 6.61 Å². The number of nitrogens with one attached hydrogen (secondary N) is 1. The van der Waals surface area contributed by atoms with Gasteiger partial charge in [-0.15, -0.1) is 0 Å². The summed E-state index contributed by atoms with van der Waals surface area (Å²) < 4.78 is 18.8. The van der Waals surface area contributed by atoms with E-state index >= 15 is 0 Å². The van der Waals surface area contributed by atoms with Crippen LogP contribution >= 0.6 is 0 Å². The largest absolute Gasteiger partial charge is 0.493 e. The Labute approximate surface area is 171 Å². The standard InChI is InChI=1S/C23H28FN3O2/c1-26-11-8-21(9-12-26)27(16-17-2-5-20(24)6-3-17)23(28)25-15-18-4-7-22-19(14-18)10-13-29-22/h2-7,14,21H,8-13,15-16H2,1H3,(H,25,28). The van der Waals surface area contributed by atoms with E-state index in [9.17, 15) is 9.18 Å². The molecule has 0 unspecified atom stereocenters. The number of halogens is 1. The summed E-state index contributed by atoms with van der Waals surface area (Å²) >= 11 is 0. The Hall–Kier alpha value is -2.60. The fourth-order valence-electron chi connectivity index (χ4n) is 4.09. The summed E-state index contributed by atoms with van der Waals surface area (Å²) in [5.41, 5.74) is 3.22. The van der Waals surface area contributed by atoms with E-state index < -0.39 is 0 Å². The van der Waals surface area contributed by atoms with Crippen LogP contribution < -0.4 is 10.1 Å². The van der Waals surface area contributed by atoms with Gasteiger partial charge in [0.15, 0.2) is 0 Å². The second kappa shape index (κ2) is 8.82. The summed E-state index contributed by atoms with van der Waals surface area (Å²) in [4.78, 5) is 17.3. The molecule has 0 aliphatic carbocycles. The predicted octanol–water partition coefficient (Wildman–Crippen LogP) is 3.57. The number of piperidine rings is 1. The van der Waals surface area contributed by atoms with Gasteiger partial charge >= 0.3 is 6.03 Å². The SMILES string of the molecule is CN1CCC(N(Cc2ccc(F)cc2)C(=O)NCc2ccc3c(c2)CCO3)CC1. The summed E-state index contributed by atoms with van der Waals surface area (Å²) in [5.74, 6) is 0.689. The summed E-state index contributed by atoms with van der Waals surface area (Å²) in [5, 5.41) is 3.09. The number of carbonyl (C=O) groups is 1. The van der Waals surface area contributed by atoms with Crippen molar-refractivity contribution >= 4 is 6.03 Å². The lowest BCUT2D eigenvalue weighted by Gasteiger charge is -2.37. The minimum absolute atomic E-state index is 0.0689. The van der Waals surface area contributed by atoms with Crippen molar-refractivity contribution in [2.75, 3.05) is 26.7 Å². The molecule has 1 fully saturated rings. The van der Waals surface area contributed by atoms with Gasteiger partial charge in [-0.3, -0.25) is 0 Å². The Bertz CT molecular complexity index is 848. The number of likely N-dealkylation sites (tertiary alicyclic amines) is 1. The minimum Gasteiger partial charge on any atom is -0.493 e. The first kappa shape index (κ1) is 19.7. The molecule has 1 saturated heterocycles. The molecule has 2 heterocycles. The molecule has 0 bridgehead atoms. The van der Waals surface area contributed by atoms with Crippen LogP contribution in [-0.2, 0) is 19.5 Å². The molecular formula is C23H28FN3O2. The topological polar surface area (TPSA) is 44.8 Å². The normalized spacial score (nSPS) is 16.9. The lowest BCUT2D eigenvalue weighted by atomic mass is 10.0. The number of carbonyl (C=O) groups excluding carboxylic acids is 1. The van der Waals surface area contributed by atoms with E-state index in [0.717, 1.165) is 55.8 Å². The van der Waals surface area contributed by atoms with Crippen molar-refractivity contribution in [3.63, 3.8) is 0 Å². The van der Waals surface area contributed by atoms with Gasteiger partial charge in [-0.2, -0.15) is 0 Å². The summed E-state index contributed by atoms with van der Waals surface area (Å²) in [6.07, 6.45) is 2.81. The van der Waals surface area contributed by atoms with Crippen LogP contribution in [0, 0.1) is 5.82 Å². The molecule has 0 saturated carbocycles. The molecule has 0 atom stereocenters. The van der Waals surface area contributed by atoms with E-state index in [0.29, 0.717) is 13.1 Å². The number of fused-ring (bicyclic) bond motifs is 1. The maximum atomic E-state index is 13.3. The highest BCUT2D eigenvalue weighted by molar-refractivity contribution is 5.74. The Kier molecular flexibility index (Phi) is 6.00. The zero-order valence-corrected chi connectivity index (χ0v) is 16.9. The first-order valence-electron chi connectivity index (χ1n) is 10.3. The van der Waals surface area contributed by atoms with Gasteiger partial charge in [0.2, 0.25) is 0 Å². The maximum absolute atomic E-state index is 13.3. The number of nitrogens with zero attached hydrogens (tertiary/aromatic N) is 2. The van der Waals surface area contributed by atoms with E-state index in [1.165, 1.54) is 17.7 Å². The maximum Gasteiger partial charge on any atom is 0.318 e. The van der Waals surface area contributed by atoms with Crippen LogP contribution in [0.4, 0.5) is 9.18 Å². The third-order valence-corrected chi connectivity index (χ3v) is 5.85. The Balaban J connectivity index is 1.44. The minimum atomic E-state index is -0.260. The van der Waals surface area contributed by atoms with Crippen molar-refractivity contribution in [1.82, 2.24) is 15.1 Å². The smallest absolute Gasteiger partial charge is 0.318 e. The van der Waals surface area contributed by atoms with Crippen LogP contribution in [0.2, 0.25) is 0 Å². The molecule has 1 N–H and O–H groups in total. The van der Waals surface area contributed by atoms with Gasteiger partial charge in [-0.25, -0.2) is 9.18 Å². The van der Waals surface area contributed by atoms with Gasteiger partial charge in [-0.1, -0.05) is 24.3 Å². The van der Waals surface area contributed by atoms with Crippen LogP contribution in [0.1, 0.15) is 29.5 Å². The van der Waals surface area contributed by atoms with Crippen LogP contribution in [-0.4, -0.2) is 48.6 Å². The number of urea groups is 1. The summed E-state index contributed by atoms with van der Waals surface area (Å²) in [7, 11) is 2.11. The van der Waals surface area contributed by atoms with Crippen LogP contribution in [0.15, 0.2) is 42.5 Å². The number of amides is 2. The molecule has 4 rings (SSSR count). The second-order valence-corrected chi connectivity index (χ2v) is 7.99. The van der Waals surface area contributed by atoms with Crippen molar-refractivity contribution in [2.45, 2.75) is 38.4 Å². The molecule has 154 valence electrons. The molecule has 5 nitrogen and oxygen atoms in total. The average Bonchev–Trinajstić information content (AvgIpc) is 3.20. The van der Waals surface area contributed by atoms with Gasteiger partial charge in [0.25, 0.3) is 0 Å². The molecule has 2 amide bonds. The fourth-order valence-corrected chi connectivity index (χ4v) is 4.09. The predicted molar refractivity (Wildman–Crippen MR) is 110 cm³/mol. The molecule has 29 heavy (non-hydrogen) atoms. The van der Waals surface area contributed by atoms with Crippen LogP contribution in [0.25, 0.3) is 0 Å². The molecule has 6 heteroatoms. The number of rotatable bonds is 5. The number of hydrogen-bond donors (Lipinski definition) is 1. The van der Waals surface area contributed by atoms with Crippen molar-refractivity contribution in [1.29, 1.82) is 0 Å². The van der Waals surface area contributed by atoms with E-state index in [2.05, 4.69) is 23.3 Å². The molecule has 2 aromatic carbocycles. The second-order valence-electron chi connectivity index (χ2n) is 7.99. The molecular weight excluding hydrogens is 369 g/mol. The monoisotopic (exact) mass is 397 g/mol. The number of hydrogen-bond acceptors (Lipinski definition) is 3. The molecule has 0 aromatic heterocycles. The highest BCUT2D eigenvalue weighted by Crippen LogP contribution is 2.26. The van der Waals surface area contributed by atoms with E-state index in [-0.39, 0.29) is 17.9 Å². The Morgan fingerprint density at radius 1 is 1.17 bits per heavy atom. The van der Waals surface area contributed by atoms with Gasteiger partial charge < -0.3 is 19.9 Å². The van der Waals surface area contributed by atoms with Gasteiger partial charge in [-0.05, 0) is 67.9 Å². The number of ether oxygens (including phenoxy) is 1. The Morgan fingerprint density at radius 2 is 1.90 bits per heavy atom. The van der Waals surface area contributed by atoms with E-state index in [4.69, 9.17) is 4.74 Å². The van der Waals surface area contributed by atoms with Crippen LogP contribution in [0.3, 0.4) is 0 Å². The van der Waals surface area contributed by atoms with Crippen molar-refractivity contribution < 1.29 is 13.9 Å². The third-order valence-electron chi connectivity index (χ3n) is 5.85. The highest BCUT2D eigenvalue weighted by atomic mass is 19.1. The quantitative estimate of drug-likeness (QED) is 0.839. The zero-order valence-electron chi connectivity index (χ0n) is 16.9. The van der Waals surface area contributed by atoms with Gasteiger partial charge in [0.1, 0.15) is 11.6 Å². The first-order valence-corrected chi connectivity index (χ1v) is 10.3. The zero-order chi connectivity index (χ0) is 20.2. The molecule has 2 aliphatic rings. The van der Waals surface area contributed by atoms with Crippen molar-refractivity contribution in [2.24, 2.45) is 0 Å². The lowest BCUT2D eigenvalue weighted by Crippen LogP contribution is -2.49. The van der Waals surface area contributed by atoms with Crippen molar-refractivity contribution in [3.05, 3.63) is 65.0 Å². The lowest BCUT2D eigenvalue weighted by molar-refractivity contribution is 0.127. The van der Waals surface area contributed by atoms with Crippen molar-refractivity contribution in [3.8, 4) is 5.75 Å². The summed E-state index contributed by atoms with van der Waals surface area (Å²) in [6.45, 7) is 3.65. The fraction of sp³-hybridized carbons (Fsp3) is 0.435. The highest BCUT2D eigenvalue weighted by Gasteiger charge is 2.27. The molecule has 0 radical (unpaired) electrons. The van der Waals surface area contributed by atoms with Gasteiger partial charge in [0, 0.05) is 25.6 Å². The number of benzene rings is 2. The van der Waals surface area contributed by atoms with Crippen LogP contribution in [0.5, 0.6) is 5.75 Å². The molecule has 2 aliphatic heterocycles.